The van der Waals surface area contributed by atoms with Crippen LogP contribution in [-0.4, -0.2) is 57.3 Å². The molecule has 0 heterocycles. The normalized spacial score (nSPS) is 12.6. The molecule has 0 unspecified atom stereocenters. The minimum atomic E-state index is -5.69. The van der Waals surface area contributed by atoms with E-state index in [4.69, 9.17) is 18.0 Å². The zero-order chi connectivity index (χ0) is 35.9. The number of halogens is 10. The average Bonchev–Trinajstić information content (AvgIpc) is 3.03. The lowest BCUT2D eigenvalue weighted by molar-refractivity contribution is -0.364. The number of hydrogen-bond acceptors (Lipinski definition) is 5. The molecule has 0 N–H and O–H groups in total. The smallest absolute Gasteiger partial charge is 0.487 e. The highest BCUT2D eigenvalue weighted by atomic mass is 28.4. The van der Waals surface area contributed by atoms with Gasteiger partial charge < -0.3 is 22.4 Å². The third-order valence-corrected chi connectivity index (χ3v) is 12.5. The lowest BCUT2D eigenvalue weighted by Gasteiger charge is -2.30. The zero-order valence-electron chi connectivity index (χ0n) is 27.0. The van der Waals surface area contributed by atoms with Crippen LogP contribution in [0, 0.1) is 29.1 Å². The van der Waals surface area contributed by atoms with Crippen LogP contribution in [0.1, 0.15) is 57.8 Å². The first-order valence-corrected chi connectivity index (χ1v) is 19.7. The quantitative estimate of drug-likeness (QED) is 0.0475. The van der Waals surface area contributed by atoms with Gasteiger partial charge in [0.15, 0.2) is 5.75 Å². The third-order valence-electron chi connectivity index (χ3n) is 7.16. The summed E-state index contributed by atoms with van der Waals surface area (Å²) in [5.74, 6) is -11.3. The summed E-state index contributed by atoms with van der Waals surface area (Å²) in [6, 6.07) is 8.55. The van der Waals surface area contributed by atoms with Crippen molar-refractivity contribution in [3.05, 3.63) is 59.4 Å². The Kier molecular flexibility index (Phi) is 18.0. The molecule has 0 aliphatic carbocycles. The van der Waals surface area contributed by atoms with Crippen molar-refractivity contribution in [2.45, 2.75) is 89.2 Å². The van der Waals surface area contributed by atoms with Gasteiger partial charge in [-0.2, -0.15) is 30.7 Å². The van der Waals surface area contributed by atoms with E-state index in [1.54, 1.807) is 39.5 Å². The number of alkyl halides is 5. The third kappa shape index (κ3) is 13.3. The summed E-state index contributed by atoms with van der Waals surface area (Å²) in [4.78, 5) is 0. The van der Waals surface area contributed by atoms with E-state index >= 15 is 0 Å². The number of hydrogen-bond donors (Lipinski definition) is 0. The highest BCUT2D eigenvalue weighted by Gasteiger charge is 2.61. The van der Waals surface area contributed by atoms with Gasteiger partial charge in [0.25, 0.3) is 0 Å². The molecule has 0 amide bonds. The molecular formula is C30H42F10O5Si2. The van der Waals surface area contributed by atoms with Crippen LogP contribution < -0.4 is 9.92 Å². The molecule has 0 saturated carbocycles. The maximum Gasteiger partial charge on any atom is 0.500 e. The van der Waals surface area contributed by atoms with E-state index in [9.17, 15) is 43.9 Å². The highest BCUT2D eigenvalue weighted by molar-refractivity contribution is 6.84. The van der Waals surface area contributed by atoms with Crippen LogP contribution >= 0.6 is 0 Å². The van der Waals surface area contributed by atoms with E-state index in [1.807, 2.05) is 0 Å². The van der Waals surface area contributed by atoms with Gasteiger partial charge in [0.05, 0.1) is 6.61 Å². The Morgan fingerprint density at radius 2 is 0.979 bits per heavy atom. The Balaban J connectivity index is 0.000000548. The van der Waals surface area contributed by atoms with Crippen molar-refractivity contribution in [2.24, 2.45) is 0 Å². The van der Waals surface area contributed by atoms with Crippen molar-refractivity contribution in [3.8, 4) is 5.75 Å². The number of rotatable bonds is 19. The van der Waals surface area contributed by atoms with Gasteiger partial charge in [-0.05, 0) is 31.1 Å². The van der Waals surface area contributed by atoms with Crippen molar-refractivity contribution >= 4 is 22.3 Å². The molecule has 0 aliphatic rings. The standard InChI is InChI=1S/C20H31F5O4Si.C10H11F5OSi/c1-26-30(27-2,28-3)14-12-10-8-6-4-5-7-9-11-13-29-20-18(24)16(22)15(21)17(23)19(20)25;1-17(2,8-6-4-3-5-7-8)16-10(14,15)9(11,12)13/h4-14H2,1-3H3;3-7H,1-2H3. The summed E-state index contributed by atoms with van der Waals surface area (Å²) in [6.07, 6.45) is -2.34. The first-order chi connectivity index (χ1) is 21.9. The molecule has 2 aromatic carbocycles. The minimum absolute atomic E-state index is 0.109. The highest BCUT2D eigenvalue weighted by Crippen LogP contribution is 2.38. The SMILES string of the molecule is CO[Si](CCCCCCCCCCCOc1c(F)c(F)c(F)c(F)c1F)(OC)OC.C[Si](C)(OC(F)(F)C(F)(F)F)c1ccccc1. The molecule has 47 heavy (non-hydrogen) atoms. The van der Waals surface area contributed by atoms with Gasteiger partial charge in [-0.1, -0.05) is 75.3 Å². The molecule has 0 saturated heterocycles. The maximum absolute atomic E-state index is 13.5. The molecule has 0 atom stereocenters. The summed E-state index contributed by atoms with van der Waals surface area (Å²) in [7, 11) is -0.952. The second kappa shape index (κ2) is 19.7. The second-order valence-corrected chi connectivity index (χ2v) is 17.9. The molecule has 2 rings (SSSR count). The Morgan fingerprint density at radius 1 is 0.574 bits per heavy atom. The molecule has 0 spiro atoms. The van der Waals surface area contributed by atoms with Crippen LogP contribution in [0.5, 0.6) is 5.75 Å². The van der Waals surface area contributed by atoms with E-state index in [2.05, 4.69) is 4.43 Å². The van der Waals surface area contributed by atoms with Gasteiger partial charge in [0, 0.05) is 27.4 Å². The molecular weight excluding hydrogens is 686 g/mol. The first-order valence-electron chi connectivity index (χ1n) is 14.9. The number of benzene rings is 2. The number of ether oxygens (including phenoxy) is 1. The van der Waals surface area contributed by atoms with E-state index in [-0.39, 0.29) is 6.61 Å². The lowest BCUT2D eigenvalue weighted by atomic mass is 10.1. The number of unbranched alkanes of at least 4 members (excludes halogenated alkanes) is 8. The van der Waals surface area contributed by atoms with Crippen molar-refractivity contribution in [2.75, 3.05) is 27.9 Å². The lowest BCUT2D eigenvalue weighted by Crippen LogP contribution is -2.54. The summed E-state index contributed by atoms with van der Waals surface area (Å²) in [6.45, 7) is 2.48. The molecule has 5 nitrogen and oxygen atoms in total. The minimum Gasteiger partial charge on any atom is -0.487 e. The topological polar surface area (TPSA) is 46.2 Å². The fraction of sp³-hybridized carbons (Fsp3) is 0.600. The van der Waals surface area contributed by atoms with Gasteiger partial charge in [0.1, 0.15) is 0 Å². The van der Waals surface area contributed by atoms with Crippen molar-refractivity contribution in [1.29, 1.82) is 0 Å². The Labute approximate surface area is 271 Å². The summed E-state index contributed by atoms with van der Waals surface area (Å²) in [5.41, 5.74) is 0. The Bertz CT molecular complexity index is 1160. The molecule has 0 radical (unpaired) electrons. The van der Waals surface area contributed by atoms with Gasteiger partial charge >= 0.3 is 21.1 Å². The maximum atomic E-state index is 13.5. The first kappa shape index (κ1) is 42.8. The predicted octanol–water partition coefficient (Wildman–Crippen LogP) is 9.42. The molecule has 2 aromatic rings. The van der Waals surface area contributed by atoms with Crippen LogP contribution in [-0.2, 0) is 17.7 Å². The fourth-order valence-electron chi connectivity index (χ4n) is 4.40. The summed E-state index contributed by atoms with van der Waals surface area (Å²) in [5, 5.41) is 0.379. The van der Waals surface area contributed by atoms with E-state index in [1.165, 1.54) is 25.2 Å². The van der Waals surface area contributed by atoms with Gasteiger partial charge in [-0.3, -0.25) is 0 Å². The van der Waals surface area contributed by atoms with Gasteiger partial charge in [0.2, 0.25) is 37.4 Å². The molecule has 0 bridgehead atoms. The Morgan fingerprint density at radius 3 is 1.40 bits per heavy atom. The summed E-state index contributed by atoms with van der Waals surface area (Å²) < 4.78 is 153. The fourth-order valence-corrected chi connectivity index (χ4v) is 8.06. The summed E-state index contributed by atoms with van der Waals surface area (Å²) >= 11 is 0. The van der Waals surface area contributed by atoms with Crippen LogP contribution in [0.4, 0.5) is 43.9 Å². The van der Waals surface area contributed by atoms with Crippen LogP contribution in [0.25, 0.3) is 0 Å². The van der Waals surface area contributed by atoms with Crippen molar-refractivity contribution in [1.82, 2.24) is 0 Å². The van der Waals surface area contributed by atoms with Gasteiger partial charge in [-0.15, -0.1) is 0 Å². The van der Waals surface area contributed by atoms with Crippen LogP contribution in [0.2, 0.25) is 19.1 Å². The molecule has 270 valence electrons. The monoisotopic (exact) mass is 728 g/mol. The average molecular weight is 729 g/mol. The van der Waals surface area contributed by atoms with Crippen LogP contribution in [0.3, 0.4) is 0 Å². The van der Waals surface area contributed by atoms with E-state index in [0.717, 1.165) is 57.4 Å². The largest absolute Gasteiger partial charge is 0.500 e. The van der Waals surface area contributed by atoms with Crippen molar-refractivity contribution in [3.63, 3.8) is 0 Å². The molecule has 0 fully saturated rings. The molecule has 0 aromatic heterocycles. The van der Waals surface area contributed by atoms with E-state index in [0.29, 0.717) is 11.6 Å². The second-order valence-electron chi connectivity index (χ2n) is 11.0. The van der Waals surface area contributed by atoms with Crippen molar-refractivity contribution < 1.29 is 66.3 Å². The predicted molar refractivity (Wildman–Crippen MR) is 161 cm³/mol. The zero-order valence-corrected chi connectivity index (χ0v) is 29.0. The molecule has 0 aliphatic heterocycles. The van der Waals surface area contributed by atoms with E-state index < -0.39 is 64.2 Å². The van der Waals surface area contributed by atoms with Gasteiger partial charge in [-0.25, -0.2) is 13.2 Å². The van der Waals surface area contributed by atoms with Crippen LogP contribution in [0.15, 0.2) is 30.3 Å². The Hall–Kier alpha value is -2.19. The molecule has 17 heteroatoms.